The number of hydrogen-bond donors (Lipinski definition) is 1. The number of ether oxygens (including phenoxy) is 1. The fourth-order valence-electron chi connectivity index (χ4n) is 2.21. The van der Waals surface area contributed by atoms with E-state index in [1.54, 1.807) is 18.6 Å². The van der Waals surface area contributed by atoms with Crippen molar-refractivity contribution < 1.29 is 4.74 Å². The first-order valence-corrected chi connectivity index (χ1v) is 7.14. The van der Waals surface area contributed by atoms with E-state index in [4.69, 9.17) is 10.1 Å². The van der Waals surface area contributed by atoms with Crippen LogP contribution in [0.2, 0.25) is 0 Å². The second kappa shape index (κ2) is 5.72. The molecule has 7 heteroatoms. The Morgan fingerprint density at radius 2 is 2.05 bits per heavy atom. The van der Waals surface area contributed by atoms with Crippen molar-refractivity contribution in [3.63, 3.8) is 0 Å². The molecule has 0 saturated heterocycles. The van der Waals surface area contributed by atoms with Crippen LogP contribution >= 0.6 is 11.3 Å². The van der Waals surface area contributed by atoms with Crippen LogP contribution < -0.4 is 11.2 Å². The van der Waals surface area contributed by atoms with Crippen LogP contribution in [0.1, 0.15) is 17.4 Å². The smallest absolute Gasteiger partial charge is 0.332 e. The van der Waals surface area contributed by atoms with E-state index in [1.807, 2.05) is 6.92 Å². The lowest BCUT2D eigenvalue weighted by Crippen LogP contribution is -2.39. The van der Waals surface area contributed by atoms with Gasteiger partial charge in [-0.25, -0.2) is 4.79 Å². The average Bonchev–Trinajstić information content (AvgIpc) is 2.76. The van der Waals surface area contributed by atoms with Crippen molar-refractivity contribution in [1.82, 2.24) is 9.13 Å². The number of rotatable bonds is 5. The number of aromatic nitrogens is 2. The van der Waals surface area contributed by atoms with Gasteiger partial charge in [-0.05, 0) is 19.4 Å². The summed E-state index contributed by atoms with van der Waals surface area (Å²) in [6, 6.07) is 0. The number of hydrogen-bond acceptors (Lipinski definition) is 5. The fraction of sp³-hybridized carbons (Fsp3) is 0.462. The highest BCUT2D eigenvalue weighted by molar-refractivity contribution is 7.20. The summed E-state index contributed by atoms with van der Waals surface area (Å²) in [5.41, 5.74) is 0.168. The molecular formula is C13H17N3O3S. The van der Waals surface area contributed by atoms with E-state index >= 15 is 0 Å². The van der Waals surface area contributed by atoms with Crippen molar-refractivity contribution in [2.75, 3.05) is 13.7 Å². The molecule has 0 bridgehead atoms. The molecule has 0 spiro atoms. The zero-order chi connectivity index (χ0) is 14.9. The first kappa shape index (κ1) is 14.7. The normalized spacial score (nSPS) is 11.2. The van der Waals surface area contributed by atoms with Crippen molar-refractivity contribution >= 4 is 27.8 Å². The van der Waals surface area contributed by atoms with Gasteiger partial charge in [0, 0.05) is 19.9 Å². The standard InChI is InChI=1S/C13H17N3O3S/c1-4-15-11(17)10-8(2)9(7-14)20-12(10)16(13(15)18)5-6-19-3/h7,14H,4-6H2,1-3H3. The molecule has 2 heterocycles. The van der Waals surface area contributed by atoms with Crippen molar-refractivity contribution in [2.24, 2.45) is 0 Å². The maximum Gasteiger partial charge on any atom is 0.332 e. The molecule has 6 nitrogen and oxygen atoms in total. The summed E-state index contributed by atoms with van der Waals surface area (Å²) in [6.45, 7) is 4.70. The third-order valence-corrected chi connectivity index (χ3v) is 4.56. The van der Waals surface area contributed by atoms with Crippen LogP contribution in [0.3, 0.4) is 0 Å². The largest absolute Gasteiger partial charge is 0.383 e. The molecule has 20 heavy (non-hydrogen) atoms. The van der Waals surface area contributed by atoms with Crippen LogP contribution in [-0.4, -0.2) is 29.1 Å². The minimum absolute atomic E-state index is 0.275. The Morgan fingerprint density at radius 3 is 2.60 bits per heavy atom. The molecule has 2 aromatic heterocycles. The third-order valence-electron chi connectivity index (χ3n) is 3.30. The van der Waals surface area contributed by atoms with E-state index in [0.717, 1.165) is 5.56 Å². The Balaban J connectivity index is 2.92. The molecule has 2 aromatic rings. The van der Waals surface area contributed by atoms with Gasteiger partial charge in [-0.2, -0.15) is 0 Å². The van der Waals surface area contributed by atoms with Crippen LogP contribution in [0.25, 0.3) is 10.2 Å². The first-order valence-electron chi connectivity index (χ1n) is 6.32. The zero-order valence-electron chi connectivity index (χ0n) is 11.7. The Hall–Kier alpha value is -1.73. The summed E-state index contributed by atoms with van der Waals surface area (Å²) in [7, 11) is 1.57. The molecule has 0 aliphatic carbocycles. The minimum atomic E-state index is -0.320. The van der Waals surface area contributed by atoms with Gasteiger partial charge in [-0.3, -0.25) is 13.9 Å². The maximum atomic E-state index is 12.4. The van der Waals surface area contributed by atoms with Crippen molar-refractivity contribution in [2.45, 2.75) is 26.9 Å². The van der Waals surface area contributed by atoms with Gasteiger partial charge in [-0.15, -0.1) is 11.3 Å². The molecule has 0 amide bonds. The molecule has 0 aliphatic rings. The predicted molar refractivity (Wildman–Crippen MR) is 80.5 cm³/mol. The number of nitrogens with one attached hydrogen (secondary N) is 1. The van der Waals surface area contributed by atoms with Gasteiger partial charge in [0.1, 0.15) is 4.83 Å². The molecule has 0 aliphatic heterocycles. The highest BCUT2D eigenvalue weighted by atomic mass is 32.1. The summed E-state index contributed by atoms with van der Waals surface area (Å²) in [5.74, 6) is 0. The van der Waals surface area contributed by atoms with Gasteiger partial charge in [-0.1, -0.05) is 0 Å². The topological polar surface area (TPSA) is 77.1 Å². The number of nitrogens with zero attached hydrogens (tertiary/aromatic N) is 2. The first-order chi connectivity index (χ1) is 9.56. The summed E-state index contributed by atoms with van der Waals surface area (Å²) in [5, 5.41) is 7.95. The van der Waals surface area contributed by atoms with Crippen LogP contribution in [0.15, 0.2) is 9.59 Å². The summed E-state index contributed by atoms with van der Waals surface area (Å²) >= 11 is 1.30. The second-order valence-electron chi connectivity index (χ2n) is 4.39. The van der Waals surface area contributed by atoms with Gasteiger partial charge in [0.05, 0.1) is 23.4 Å². The SMILES string of the molecule is CCn1c(=O)c2c(C)c(C=N)sc2n(CCOC)c1=O. The highest BCUT2D eigenvalue weighted by Gasteiger charge is 2.18. The molecular weight excluding hydrogens is 278 g/mol. The van der Waals surface area contributed by atoms with Gasteiger partial charge >= 0.3 is 5.69 Å². The predicted octanol–water partition coefficient (Wildman–Crippen LogP) is 1.20. The van der Waals surface area contributed by atoms with Crippen molar-refractivity contribution in [3.8, 4) is 0 Å². The average molecular weight is 295 g/mol. The fourth-order valence-corrected chi connectivity index (χ4v) is 3.35. The molecule has 0 radical (unpaired) electrons. The third kappa shape index (κ3) is 2.12. The molecule has 2 rings (SSSR count). The van der Waals surface area contributed by atoms with E-state index in [9.17, 15) is 9.59 Å². The van der Waals surface area contributed by atoms with Gasteiger partial charge in [0.25, 0.3) is 5.56 Å². The van der Waals surface area contributed by atoms with Crippen LogP contribution in [0, 0.1) is 12.3 Å². The Labute approximate surface area is 119 Å². The number of methoxy groups -OCH3 is 1. The molecule has 0 atom stereocenters. The lowest BCUT2D eigenvalue weighted by atomic mass is 10.2. The number of thiophene rings is 1. The van der Waals surface area contributed by atoms with E-state index in [1.165, 1.54) is 22.1 Å². The van der Waals surface area contributed by atoms with Crippen LogP contribution in [0.4, 0.5) is 0 Å². The van der Waals surface area contributed by atoms with E-state index in [2.05, 4.69) is 0 Å². The van der Waals surface area contributed by atoms with Gasteiger partial charge in [0.2, 0.25) is 0 Å². The van der Waals surface area contributed by atoms with E-state index in [-0.39, 0.29) is 11.2 Å². The molecule has 108 valence electrons. The number of fused-ring (bicyclic) bond motifs is 1. The van der Waals surface area contributed by atoms with Crippen LogP contribution in [-0.2, 0) is 17.8 Å². The monoisotopic (exact) mass is 295 g/mol. The lowest BCUT2D eigenvalue weighted by Gasteiger charge is -2.10. The molecule has 0 saturated carbocycles. The molecule has 0 aromatic carbocycles. The summed E-state index contributed by atoms with van der Waals surface area (Å²) in [6.07, 6.45) is 1.22. The zero-order valence-corrected chi connectivity index (χ0v) is 12.5. The Bertz CT molecular complexity index is 770. The highest BCUT2D eigenvalue weighted by Crippen LogP contribution is 2.26. The van der Waals surface area contributed by atoms with E-state index < -0.39 is 0 Å². The minimum Gasteiger partial charge on any atom is -0.383 e. The summed E-state index contributed by atoms with van der Waals surface area (Å²) < 4.78 is 7.82. The second-order valence-corrected chi connectivity index (χ2v) is 5.42. The molecule has 1 N–H and O–H groups in total. The van der Waals surface area contributed by atoms with Crippen molar-refractivity contribution in [3.05, 3.63) is 31.3 Å². The van der Waals surface area contributed by atoms with Crippen molar-refractivity contribution in [1.29, 1.82) is 5.41 Å². The summed E-state index contributed by atoms with van der Waals surface area (Å²) in [4.78, 5) is 26.1. The number of aryl methyl sites for hydroxylation is 1. The van der Waals surface area contributed by atoms with Crippen LogP contribution in [0.5, 0.6) is 0 Å². The van der Waals surface area contributed by atoms with Gasteiger partial charge < -0.3 is 10.1 Å². The quantitative estimate of drug-likeness (QED) is 0.842. The van der Waals surface area contributed by atoms with E-state index in [0.29, 0.717) is 34.8 Å². The lowest BCUT2D eigenvalue weighted by molar-refractivity contribution is 0.186. The Morgan fingerprint density at radius 1 is 1.35 bits per heavy atom. The molecule has 0 fully saturated rings. The maximum absolute atomic E-state index is 12.4. The molecule has 0 unspecified atom stereocenters. The van der Waals surface area contributed by atoms with Gasteiger partial charge in [0.15, 0.2) is 0 Å². The Kier molecular flexibility index (Phi) is 4.20.